The Morgan fingerprint density at radius 2 is 1.70 bits per heavy atom. The topological polar surface area (TPSA) is 4.93 Å². The van der Waals surface area contributed by atoms with Gasteiger partial charge in [-0.05, 0) is 44.0 Å². The first-order chi connectivity index (χ1) is 9.84. The highest BCUT2D eigenvalue weighted by molar-refractivity contribution is 5.85. The van der Waals surface area contributed by atoms with Gasteiger partial charge in [0, 0.05) is 21.6 Å². The first kappa shape index (κ1) is 11.5. The Morgan fingerprint density at radius 3 is 2.55 bits per heavy atom. The van der Waals surface area contributed by atoms with Crippen molar-refractivity contribution >= 4 is 23.1 Å². The second-order valence-electron chi connectivity index (χ2n) is 5.48. The Hall–Kier alpha value is -2.28. The van der Waals surface area contributed by atoms with Gasteiger partial charge in [0.2, 0.25) is 0 Å². The van der Waals surface area contributed by atoms with Crippen molar-refractivity contribution in [1.82, 2.24) is 4.57 Å². The number of hydrogen-bond acceptors (Lipinski definition) is 0. The third kappa shape index (κ3) is 1.63. The van der Waals surface area contributed by atoms with Crippen LogP contribution in [0.2, 0.25) is 0 Å². The molecule has 1 heterocycles. The van der Waals surface area contributed by atoms with Crippen LogP contribution in [0.3, 0.4) is 0 Å². The SMILES string of the molecule is Cc1ccc2c(c1)c1c(n2-c2ccccc2)=CCCC=1. The molecule has 0 spiro atoms. The van der Waals surface area contributed by atoms with E-state index in [1.54, 1.807) is 0 Å². The maximum atomic E-state index is 2.39. The van der Waals surface area contributed by atoms with Crippen LogP contribution in [0.15, 0.2) is 48.5 Å². The summed E-state index contributed by atoms with van der Waals surface area (Å²) >= 11 is 0. The van der Waals surface area contributed by atoms with Crippen LogP contribution in [0.5, 0.6) is 0 Å². The molecule has 1 nitrogen and oxygen atoms in total. The van der Waals surface area contributed by atoms with Gasteiger partial charge in [-0.15, -0.1) is 0 Å². The van der Waals surface area contributed by atoms with E-state index < -0.39 is 0 Å². The van der Waals surface area contributed by atoms with E-state index in [2.05, 4.69) is 72.2 Å². The van der Waals surface area contributed by atoms with Crippen molar-refractivity contribution in [1.29, 1.82) is 0 Å². The van der Waals surface area contributed by atoms with Crippen molar-refractivity contribution in [3.8, 4) is 5.69 Å². The molecule has 0 unspecified atom stereocenters. The summed E-state index contributed by atoms with van der Waals surface area (Å²) in [6, 6.07) is 17.4. The monoisotopic (exact) mass is 259 g/mol. The first-order valence-corrected chi connectivity index (χ1v) is 7.21. The molecule has 0 N–H and O–H groups in total. The summed E-state index contributed by atoms with van der Waals surface area (Å²) in [7, 11) is 0. The number of fused-ring (bicyclic) bond motifs is 3. The summed E-state index contributed by atoms with van der Waals surface area (Å²) in [6.07, 6.45) is 7.04. The Kier molecular flexibility index (Phi) is 2.53. The normalized spacial score (nSPS) is 13.7. The fourth-order valence-corrected chi connectivity index (χ4v) is 3.17. The average Bonchev–Trinajstić information content (AvgIpc) is 2.82. The molecule has 0 saturated heterocycles. The fourth-order valence-electron chi connectivity index (χ4n) is 3.17. The molecule has 1 aliphatic rings. The standard InChI is InChI=1S/C19H17N/c1-14-11-12-19-17(13-14)16-9-5-6-10-18(16)20(19)15-7-3-2-4-8-15/h2-4,7-13H,5-6H2,1H3. The van der Waals surface area contributed by atoms with Gasteiger partial charge in [-0.2, -0.15) is 0 Å². The van der Waals surface area contributed by atoms with Crippen molar-refractivity contribution in [2.24, 2.45) is 0 Å². The molecule has 98 valence electrons. The molecule has 3 aromatic rings. The number of benzene rings is 2. The van der Waals surface area contributed by atoms with Crippen LogP contribution >= 0.6 is 0 Å². The lowest BCUT2D eigenvalue weighted by Gasteiger charge is -2.07. The minimum Gasteiger partial charge on any atom is -0.310 e. The summed E-state index contributed by atoms with van der Waals surface area (Å²) < 4.78 is 2.39. The Morgan fingerprint density at radius 1 is 0.900 bits per heavy atom. The molecule has 1 aliphatic carbocycles. The van der Waals surface area contributed by atoms with Crippen LogP contribution in [-0.2, 0) is 0 Å². The lowest BCUT2D eigenvalue weighted by Crippen LogP contribution is -2.30. The summed E-state index contributed by atoms with van der Waals surface area (Å²) in [6.45, 7) is 2.16. The molecule has 0 amide bonds. The molecule has 0 fully saturated rings. The number of aryl methyl sites for hydroxylation is 1. The maximum Gasteiger partial charge on any atom is 0.0541 e. The molecular weight excluding hydrogens is 242 g/mol. The number of nitrogens with zero attached hydrogens (tertiary/aromatic N) is 1. The molecule has 0 aliphatic heterocycles. The number of aromatic nitrogens is 1. The minimum absolute atomic E-state index is 1.13. The van der Waals surface area contributed by atoms with Crippen LogP contribution in [-0.4, -0.2) is 4.57 Å². The fraction of sp³-hybridized carbons (Fsp3) is 0.158. The molecule has 0 atom stereocenters. The lowest BCUT2D eigenvalue weighted by atomic mass is 10.1. The summed E-state index contributed by atoms with van der Waals surface area (Å²) in [5.41, 5.74) is 3.87. The van der Waals surface area contributed by atoms with Crippen LogP contribution < -0.4 is 10.6 Å². The zero-order chi connectivity index (χ0) is 13.5. The first-order valence-electron chi connectivity index (χ1n) is 7.21. The van der Waals surface area contributed by atoms with E-state index in [0.717, 1.165) is 12.8 Å². The van der Waals surface area contributed by atoms with E-state index in [1.165, 1.54) is 32.7 Å². The molecule has 0 saturated carbocycles. The maximum absolute atomic E-state index is 2.39. The van der Waals surface area contributed by atoms with Gasteiger partial charge in [0.05, 0.1) is 5.52 Å². The van der Waals surface area contributed by atoms with Gasteiger partial charge < -0.3 is 4.57 Å². The molecule has 4 rings (SSSR count). The van der Waals surface area contributed by atoms with Gasteiger partial charge in [-0.1, -0.05) is 42.0 Å². The van der Waals surface area contributed by atoms with E-state index in [1.807, 2.05) is 0 Å². The number of hydrogen-bond donors (Lipinski definition) is 0. The van der Waals surface area contributed by atoms with Crippen LogP contribution in [0.1, 0.15) is 18.4 Å². The summed E-state index contributed by atoms with van der Waals surface area (Å²) in [5.74, 6) is 0. The van der Waals surface area contributed by atoms with Gasteiger partial charge in [0.15, 0.2) is 0 Å². The third-order valence-corrected chi connectivity index (χ3v) is 4.07. The highest BCUT2D eigenvalue weighted by Gasteiger charge is 2.10. The summed E-state index contributed by atoms with van der Waals surface area (Å²) in [5, 5.41) is 4.13. The molecule has 1 aromatic heterocycles. The molecule has 0 bridgehead atoms. The van der Waals surface area contributed by atoms with E-state index in [-0.39, 0.29) is 0 Å². The quantitative estimate of drug-likeness (QED) is 0.632. The van der Waals surface area contributed by atoms with Gasteiger partial charge in [0.25, 0.3) is 0 Å². The van der Waals surface area contributed by atoms with Crippen molar-refractivity contribution in [3.63, 3.8) is 0 Å². The predicted octanol–water partition coefficient (Wildman–Crippen LogP) is 3.29. The van der Waals surface area contributed by atoms with Crippen molar-refractivity contribution in [2.45, 2.75) is 19.8 Å². The second-order valence-corrected chi connectivity index (χ2v) is 5.48. The van der Waals surface area contributed by atoms with Gasteiger partial charge >= 0.3 is 0 Å². The van der Waals surface area contributed by atoms with Gasteiger partial charge in [-0.3, -0.25) is 0 Å². The van der Waals surface area contributed by atoms with E-state index in [4.69, 9.17) is 0 Å². The molecule has 0 radical (unpaired) electrons. The van der Waals surface area contributed by atoms with E-state index in [0.29, 0.717) is 0 Å². The van der Waals surface area contributed by atoms with Crippen molar-refractivity contribution in [2.75, 3.05) is 0 Å². The third-order valence-electron chi connectivity index (χ3n) is 4.07. The number of para-hydroxylation sites is 1. The Labute approximate surface area is 118 Å². The van der Waals surface area contributed by atoms with E-state index in [9.17, 15) is 0 Å². The number of rotatable bonds is 1. The van der Waals surface area contributed by atoms with Crippen LogP contribution in [0.25, 0.3) is 28.7 Å². The average molecular weight is 259 g/mol. The molecule has 1 heteroatoms. The molecule has 2 aromatic carbocycles. The predicted molar refractivity (Wildman–Crippen MR) is 85.4 cm³/mol. The van der Waals surface area contributed by atoms with Crippen molar-refractivity contribution < 1.29 is 0 Å². The zero-order valence-corrected chi connectivity index (χ0v) is 11.6. The minimum atomic E-state index is 1.13. The van der Waals surface area contributed by atoms with Gasteiger partial charge in [-0.25, -0.2) is 0 Å². The molecule has 20 heavy (non-hydrogen) atoms. The summed E-state index contributed by atoms with van der Waals surface area (Å²) in [4.78, 5) is 0. The smallest absolute Gasteiger partial charge is 0.0541 e. The van der Waals surface area contributed by atoms with Crippen molar-refractivity contribution in [3.05, 3.63) is 64.7 Å². The second kappa shape index (κ2) is 4.38. The Balaban J connectivity index is 2.22. The largest absolute Gasteiger partial charge is 0.310 e. The van der Waals surface area contributed by atoms with Crippen LogP contribution in [0, 0.1) is 6.92 Å². The van der Waals surface area contributed by atoms with Crippen LogP contribution in [0.4, 0.5) is 0 Å². The zero-order valence-electron chi connectivity index (χ0n) is 11.6. The lowest BCUT2D eigenvalue weighted by molar-refractivity contribution is 1.02. The van der Waals surface area contributed by atoms with E-state index >= 15 is 0 Å². The van der Waals surface area contributed by atoms with Gasteiger partial charge in [0.1, 0.15) is 0 Å². The molecular formula is C19H17N. The highest BCUT2D eigenvalue weighted by Crippen LogP contribution is 2.17. The Bertz CT molecular complexity index is 898. The highest BCUT2D eigenvalue weighted by atomic mass is 15.0.